The van der Waals surface area contributed by atoms with Gasteiger partial charge in [0.2, 0.25) is 0 Å². The summed E-state index contributed by atoms with van der Waals surface area (Å²) in [6.07, 6.45) is 3.38. The highest BCUT2D eigenvalue weighted by atomic mass is 16.3. The van der Waals surface area contributed by atoms with Crippen LogP contribution >= 0.6 is 0 Å². The quantitative estimate of drug-likeness (QED) is 0.570. The van der Waals surface area contributed by atoms with Gasteiger partial charge in [0.25, 0.3) is 0 Å². The molecule has 0 aromatic carbocycles. The number of aromatic hydroxyl groups is 1. The zero-order valence-electron chi connectivity index (χ0n) is 5.20. The molecule has 0 aliphatic carbocycles. The Balaban J connectivity index is 2.88. The summed E-state index contributed by atoms with van der Waals surface area (Å²) in [5.41, 5.74) is 0.910. The number of H-pyrrole nitrogens is 1. The van der Waals surface area contributed by atoms with Crippen LogP contribution in [0, 0.1) is 0 Å². The number of rotatable bonds is 0. The number of pyridine rings is 1. The summed E-state index contributed by atoms with van der Waals surface area (Å²) >= 11 is 0. The first-order valence-corrected chi connectivity index (χ1v) is 2.98. The van der Waals surface area contributed by atoms with Gasteiger partial charge in [-0.25, -0.2) is 0 Å². The Morgan fingerprint density at radius 3 is 3.20 bits per heavy atom. The van der Waals surface area contributed by atoms with Crippen LogP contribution in [-0.2, 0) is 0 Å². The number of hydrogen-bond donors (Lipinski definition) is 2. The molecule has 0 atom stereocenters. The lowest BCUT2D eigenvalue weighted by molar-refractivity contribution is 0.458. The third kappa shape index (κ3) is 0.639. The highest BCUT2D eigenvalue weighted by Gasteiger charge is 1.95. The molecule has 0 bridgehead atoms. The molecule has 2 aromatic heterocycles. The summed E-state index contributed by atoms with van der Waals surface area (Å²) in [7, 11) is 0. The smallest absolute Gasteiger partial charge is 0.189 e. The first kappa shape index (κ1) is 5.29. The molecule has 2 rings (SSSR count). The molecule has 3 nitrogen and oxygen atoms in total. The molecule has 0 amide bonds. The van der Waals surface area contributed by atoms with Gasteiger partial charge in [0.05, 0.1) is 5.52 Å². The lowest BCUT2D eigenvalue weighted by atomic mass is 10.3. The number of hydrogen-bond acceptors (Lipinski definition) is 2. The molecular formula is C7H6N2O. The largest absolute Gasteiger partial charge is 0.495 e. The Morgan fingerprint density at radius 2 is 2.40 bits per heavy atom. The van der Waals surface area contributed by atoms with Crippen molar-refractivity contribution in [3.05, 3.63) is 24.5 Å². The van der Waals surface area contributed by atoms with E-state index in [2.05, 4.69) is 9.97 Å². The Morgan fingerprint density at radius 1 is 1.50 bits per heavy atom. The van der Waals surface area contributed by atoms with Gasteiger partial charge in [0, 0.05) is 23.8 Å². The highest BCUT2D eigenvalue weighted by molar-refractivity contribution is 5.79. The second-order valence-corrected chi connectivity index (χ2v) is 2.12. The lowest BCUT2D eigenvalue weighted by Crippen LogP contribution is -1.68. The summed E-state index contributed by atoms with van der Waals surface area (Å²) < 4.78 is 0. The Hall–Kier alpha value is -1.51. The molecule has 10 heavy (non-hydrogen) atoms. The molecule has 0 fully saturated rings. The van der Waals surface area contributed by atoms with Gasteiger partial charge < -0.3 is 10.1 Å². The fourth-order valence-electron chi connectivity index (χ4n) is 0.957. The first-order chi connectivity index (χ1) is 4.86. The van der Waals surface area contributed by atoms with Crippen molar-refractivity contribution in [1.82, 2.24) is 9.97 Å². The molecule has 0 aliphatic heterocycles. The van der Waals surface area contributed by atoms with Gasteiger partial charge in [-0.2, -0.15) is 0 Å². The predicted octanol–water partition coefficient (Wildman–Crippen LogP) is 1.27. The third-order valence-electron chi connectivity index (χ3n) is 1.41. The Bertz CT molecular complexity index is 320. The molecule has 3 heteroatoms. The summed E-state index contributed by atoms with van der Waals surface area (Å²) in [4.78, 5) is 6.67. The van der Waals surface area contributed by atoms with E-state index in [0.29, 0.717) is 0 Å². The van der Waals surface area contributed by atoms with E-state index in [9.17, 15) is 0 Å². The summed E-state index contributed by atoms with van der Waals surface area (Å²) in [5, 5.41) is 9.90. The van der Waals surface area contributed by atoms with Crippen molar-refractivity contribution in [2.75, 3.05) is 0 Å². The predicted molar refractivity (Wildman–Crippen MR) is 37.8 cm³/mol. The molecule has 0 aliphatic rings. The minimum atomic E-state index is 0.183. The zero-order chi connectivity index (χ0) is 6.97. The highest BCUT2D eigenvalue weighted by Crippen LogP contribution is 2.16. The van der Waals surface area contributed by atoms with Crippen LogP contribution < -0.4 is 0 Å². The van der Waals surface area contributed by atoms with Crippen LogP contribution in [0.4, 0.5) is 0 Å². The van der Waals surface area contributed by atoms with E-state index in [1.807, 2.05) is 6.07 Å². The first-order valence-electron chi connectivity index (χ1n) is 2.98. The molecule has 2 heterocycles. The van der Waals surface area contributed by atoms with Crippen LogP contribution in [-0.4, -0.2) is 15.1 Å². The minimum Gasteiger partial charge on any atom is -0.495 e. The van der Waals surface area contributed by atoms with Crippen molar-refractivity contribution in [1.29, 1.82) is 0 Å². The number of aromatic nitrogens is 2. The fraction of sp³-hybridized carbons (Fsp3) is 0. The van der Waals surface area contributed by atoms with E-state index < -0.39 is 0 Å². The Labute approximate surface area is 57.3 Å². The molecule has 0 radical (unpaired) electrons. The molecule has 0 spiro atoms. The summed E-state index contributed by atoms with van der Waals surface area (Å²) in [6, 6.07) is 3.46. The van der Waals surface area contributed by atoms with Crippen molar-refractivity contribution >= 4 is 10.9 Å². The standard InChI is InChI=1S/C7H6N2O/c10-7-3-5-4-8-2-1-6(5)9-7/h1-4,9-10H. The van der Waals surface area contributed by atoms with E-state index in [-0.39, 0.29) is 5.88 Å². The van der Waals surface area contributed by atoms with Gasteiger partial charge in [-0.1, -0.05) is 0 Å². The van der Waals surface area contributed by atoms with Gasteiger partial charge in [-0.05, 0) is 6.07 Å². The van der Waals surface area contributed by atoms with E-state index in [0.717, 1.165) is 10.9 Å². The van der Waals surface area contributed by atoms with Gasteiger partial charge in [-0.15, -0.1) is 0 Å². The number of nitrogens with zero attached hydrogens (tertiary/aromatic N) is 1. The molecule has 2 N–H and O–H groups in total. The second-order valence-electron chi connectivity index (χ2n) is 2.12. The van der Waals surface area contributed by atoms with Crippen LogP contribution in [0.15, 0.2) is 24.5 Å². The average Bonchev–Trinajstić information content (AvgIpc) is 2.27. The fourth-order valence-corrected chi connectivity index (χ4v) is 0.957. The topological polar surface area (TPSA) is 48.9 Å². The van der Waals surface area contributed by atoms with Crippen LogP contribution in [0.5, 0.6) is 5.88 Å². The molecule has 0 unspecified atom stereocenters. The lowest BCUT2D eigenvalue weighted by Gasteiger charge is -1.82. The number of aromatic amines is 1. The molecule has 0 saturated heterocycles. The van der Waals surface area contributed by atoms with Gasteiger partial charge in [0.15, 0.2) is 5.88 Å². The molecule has 50 valence electrons. The van der Waals surface area contributed by atoms with E-state index in [4.69, 9.17) is 5.11 Å². The van der Waals surface area contributed by atoms with Gasteiger partial charge in [-0.3, -0.25) is 4.98 Å². The monoisotopic (exact) mass is 134 g/mol. The van der Waals surface area contributed by atoms with Crippen LogP contribution in [0.1, 0.15) is 0 Å². The Kier molecular flexibility index (Phi) is 0.917. The summed E-state index contributed by atoms with van der Waals surface area (Å²) in [5.74, 6) is 0.183. The summed E-state index contributed by atoms with van der Waals surface area (Å²) in [6.45, 7) is 0. The van der Waals surface area contributed by atoms with Crippen LogP contribution in [0.3, 0.4) is 0 Å². The molecule has 2 aromatic rings. The van der Waals surface area contributed by atoms with Crippen molar-refractivity contribution in [3.8, 4) is 5.88 Å². The maximum absolute atomic E-state index is 8.97. The SMILES string of the molecule is Oc1cc2cnccc2[nH]1. The van der Waals surface area contributed by atoms with Crippen molar-refractivity contribution in [2.45, 2.75) is 0 Å². The van der Waals surface area contributed by atoms with Crippen molar-refractivity contribution in [3.63, 3.8) is 0 Å². The average molecular weight is 134 g/mol. The van der Waals surface area contributed by atoms with E-state index >= 15 is 0 Å². The van der Waals surface area contributed by atoms with E-state index in [1.165, 1.54) is 0 Å². The number of fused-ring (bicyclic) bond motifs is 1. The zero-order valence-corrected chi connectivity index (χ0v) is 5.20. The maximum atomic E-state index is 8.97. The molecule has 0 saturated carbocycles. The number of nitrogens with one attached hydrogen (secondary N) is 1. The molecular weight excluding hydrogens is 128 g/mol. The maximum Gasteiger partial charge on any atom is 0.189 e. The van der Waals surface area contributed by atoms with Crippen molar-refractivity contribution in [2.24, 2.45) is 0 Å². The van der Waals surface area contributed by atoms with Gasteiger partial charge in [0.1, 0.15) is 0 Å². The third-order valence-corrected chi connectivity index (χ3v) is 1.41. The normalized spacial score (nSPS) is 10.4. The second kappa shape index (κ2) is 1.73. The minimum absolute atomic E-state index is 0.183. The van der Waals surface area contributed by atoms with Gasteiger partial charge >= 0.3 is 0 Å². The van der Waals surface area contributed by atoms with Crippen molar-refractivity contribution < 1.29 is 5.11 Å². The van der Waals surface area contributed by atoms with Crippen LogP contribution in [0.2, 0.25) is 0 Å². The van der Waals surface area contributed by atoms with E-state index in [1.54, 1.807) is 18.5 Å². The van der Waals surface area contributed by atoms with Crippen LogP contribution in [0.25, 0.3) is 10.9 Å².